The van der Waals surface area contributed by atoms with Crippen LogP contribution >= 0.6 is 11.3 Å². The van der Waals surface area contributed by atoms with Crippen LogP contribution in [0.4, 0.5) is 0 Å². The van der Waals surface area contributed by atoms with Crippen molar-refractivity contribution in [1.82, 2.24) is 4.72 Å². The summed E-state index contributed by atoms with van der Waals surface area (Å²) >= 11 is 1.44. The number of hydrogen-bond acceptors (Lipinski definition) is 5. The van der Waals surface area contributed by atoms with Gasteiger partial charge in [0.25, 0.3) is 0 Å². The van der Waals surface area contributed by atoms with Crippen LogP contribution in [0.25, 0.3) is 10.1 Å². The Labute approximate surface area is 128 Å². The van der Waals surface area contributed by atoms with E-state index in [0.29, 0.717) is 35.8 Å². The molecule has 2 heterocycles. The molecule has 1 saturated heterocycles. The fourth-order valence-electron chi connectivity index (χ4n) is 2.60. The highest BCUT2D eigenvalue weighted by atomic mass is 32.2. The second-order valence-electron chi connectivity index (χ2n) is 5.06. The van der Waals surface area contributed by atoms with E-state index >= 15 is 0 Å². The average Bonchev–Trinajstić information content (AvgIpc) is 2.87. The first-order valence-corrected chi connectivity index (χ1v) is 9.22. The lowest BCUT2D eigenvalue weighted by Crippen LogP contribution is -2.39. The number of nitrogens with two attached hydrogens (primary N) is 1. The number of nitrogens with one attached hydrogen (secondary N) is 1. The normalized spacial score (nSPS) is 17.4. The molecule has 0 unspecified atom stereocenters. The summed E-state index contributed by atoms with van der Waals surface area (Å²) in [4.78, 5) is 1.05. The Morgan fingerprint density at radius 1 is 1.29 bits per heavy atom. The number of fused-ring (bicyclic) bond motifs is 1. The molecule has 0 amide bonds. The third-order valence-electron chi connectivity index (χ3n) is 3.62. The Hall–Kier alpha value is -0.990. The standard InChI is InChI=1S/C14H18N2O3S2/c15-9-13-14(11-3-1-2-4-12(11)20-13)21(17,18)16-10-5-7-19-8-6-10/h1-4,10,16H,5-9,15H2. The molecular formula is C14H18N2O3S2. The van der Waals surface area contributed by atoms with Crippen LogP contribution in [-0.4, -0.2) is 27.7 Å². The van der Waals surface area contributed by atoms with Crippen LogP contribution in [0, 0.1) is 0 Å². The van der Waals surface area contributed by atoms with Crippen molar-refractivity contribution in [1.29, 1.82) is 0 Å². The van der Waals surface area contributed by atoms with Crippen LogP contribution in [0.3, 0.4) is 0 Å². The van der Waals surface area contributed by atoms with Crippen molar-refractivity contribution < 1.29 is 13.2 Å². The van der Waals surface area contributed by atoms with Gasteiger partial charge in [-0.1, -0.05) is 18.2 Å². The van der Waals surface area contributed by atoms with E-state index in [1.165, 1.54) is 11.3 Å². The molecule has 0 bridgehead atoms. The van der Waals surface area contributed by atoms with Crippen LogP contribution in [0.15, 0.2) is 29.2 Å². The van der Waals surface area contributed by atoms with Gasteiger partial charge in [-0.15, -0.1) is 11.3 Å². The van der Waals surface area contributed by atoms with Crippen molar-refractivity contribution in [2.75, 3.05) is 13.2 Å². The van der Waals surface area contributed by atoms with E-state index in [1.54, 1.807) is 0 Å². The molecule has 1 fully saturated rings. The molecule has 0 saturated carbocycles. The molecule has 3 N–H and O–H groups in total. The second kappa shape index (κ2) is 6.02. The quantitative estimate of drug-likeness (QED) is 0.898. The molecule has 114 valence electrons. The van der Waals surface area contributed by atoms with Gasteiger partial charge in [-0.25, -0.2) is 13.1 Å². The van der Waals surface area contributed by atoms with E-state index in [0.717, 1.165) is 10.1 Å². The summed E-state index contributed by atoms with van der Waals surface area (Å²) < 4.78 is 34.5. The summed E-state index contributed by atoms with van der Waals surface area (Å²) in [5, 5.41) is 0.752. The van der Waals surface area contributed by atoms with Crippen molar-refractivity contribution >= 4 is 31.4 Å². The Balaban J connectivity index is 2.01. The highest BCUT2D eigenvalue weighted by molar-refractivity contribution is 7.90. The van der Waals surface area contributed by atoms with Gasteiger partial charge in [0.1, 0.15) is 4.90 Å². The van der Waals surface area contributed by atoms with Gasteiger partial charge in [0.2, 0.25) is 10.0 Å². The Kier molecular flexibility index (Phi) is 4.28. The van der Waals surface area contributed by atoms with Gasteiger partial charge in [0.15, 0.2) is 0 Å². The molecule has 3 rings (SSSR count). The smallest absolute Gasteiger partial charge is 0.242 e. The molecule has 0 atom stereocenters. The number of sulfonamides is 1. The molecule has 21 heavy (non-hydrogen) atoms. The zero-order valence-electron chi connectivity index (χ0n) is 11.5. The van der Waals surface area contributed by atoms with Gasteiger partial charge in [-0.3, -0.25) is 0 Å². The summed E-state index contributed by atoms with van der Waals surface area (Å²) in [6.45, 7) is 1.42. The first kappa shape index (κ1) is 14.9. The van der Waals surface area contributed by atoms with Crippen LogP contribution in [0.5, 0.6) is 0 Å². The third-order valence-corrected chi connectivity index (χ3v) is 6.59. The van der Waals surface area contributed by atoms with Crippen molar-refractivity contribution in [3.63, 3.8) is 0 Å². The summed E-state index contributed by atoms with van der Waals surface area (Å²) in [6, 6.07) is 7.45. The summed E-state index contributed by atoms with van der Waals surface area (Å²) in [5.74, 6) is 0. The number of ether oxygens (including phenoxy) is 1. The lowest BCUT2D eigenvalue weighted by atomic mass is 10.1. The van der Waals surface area contributed by atoms with E-state index in [-0.39, 0.29) is 12.6 Å². The molecule has 7 heteroatoms. The monoisotopic (exact) mass is 326 g/mol. The summed E-state index contributed by atoms with van der Waals surface area (Å²) in [6.07, 6.45) is 1.42. The molecule has 0 radical (unpaired) electrons. The molecule has 0 aliphatic carbocycles. The van der Waals surface area contributed by atoms with Crippen molar-refractivity contribution in [2.24, 2.45) is 5.73 Å². The van der Waals surface area contributed by atoms with E-state index < -0.39 is 10.0 Å². The van der Waals surface area contributed by atoms with E-state index in [9.17, 15) is 8.42 Å². The first-order chi connectivity index (χ1) is 10.1. The first-order valence-electron chi connectivity index (χ1n) is 6.92. The highest BCUT2D eigenvalue weighted by Crippen LogP contribution is 2.34. The number of thiophene rings is 1. The van der Waals surface area contributed by atoms with Crippen LogP contribution in [0.1, 0.15) is 17.7 Å². The predicted molar refractivity (Wildman–Crippen MR) is 83.9 cm³/mol. The maximum Gasteiger partial charge on any atom is 0.242 e. The Bertz CT molecular complexity index is 734. The highest BCUT2D eigenvalue weighted by Gasteiger charge is 2.27. The molecule has 5 nitrogen and oxygen atoms in total. The zero-order valence-corrected chi connectivity index (χ0v) is 13.2. The fourth-order valence-corrected chi connectivity index (χ4v) is 5.74. The minimum absolute atomic E-state index is 0.0620. The molecule has 1 aliphatic rings. The van der Waals surface area contributed by atoms with Gasteiger partial charge in [0.05, 0.1) is 0 Å². The van der Waals surface area contributed by atoms with E-state index in [4.69, 9.17) is 10.5 Å². The molecule has 1 aromatic carbocycles. The van der Waals surface area contributed by atoms with Crippen LogP contribution in [0.2, 0.25) is 0 Å². The van der Waals surface area contributed by atoms with Crippen molar-refractivity contribution in [2.45, 2.75) is 30.3 Å². The lowest BCUT2D eigenvalue weighted by molar-refractivity contribution is 0.0832. The SMILES string of the molecule is NCc1sc2ccccc2c1S(=O)(=O)NC1CCOCC1. The summed E-state index contributed by atoms with van der Waals surface area (Å²) in [5.41, 5.74) is 5.74. The second-order valence-corrected chi connectivity index (χ2v) is 7.85. The van der Waals surface area contributed by atoms with Crippen LogP contribution < -0.4 is 10.5 Å². The molecular weight excluding hydrogens is 308 g/mol. The number of benzene rings is 1. The predicted octanol–water partition coefficient (Wildman–Crippen LogP) is 1.82. The topological polar surface area (TPSA) is 81.4 Å². The van der Waals surface area contributed by atoms with Gasteiger partial charge < -0.3 is 10.5 Å². The summed E-state index contributed by atoms with van der Waals surface area (Å²) in [7, 11) is -3.56. The number of hydrogen-bond donors (Lipinski definition) is 2. The molecule has 2 aromatic rings. The minimum atomic E-state index is -3.56. The van der Waals surface area contributed by atoms with Gasteiger partial charge in [0, 0.05) is 40.8 Å². The largest absolute Gasteiger partial charge is 0.381 e. The van der Waals surface area contributed by atoms with Gasteiger partial charge >= 0.3 is 0 Å². The van der Waals surface area contributed by atoms with E-state index in [2.05, 4.69) is 4.72 Å². The van der Waals surface area contributed by atoms with E-state index in [1.807, 2.05) is 24.3 Å². The van der Waals surface area contributed by atoms with Crippen molar-refractivity contribution in [3.05, 3.63) is 29.1 Å². The minimum Gasteiger partial charge on any atom is -0.381 e. The fraction of sp³-hybridized carbons (Fsp3) is 0.429. The molecule has 1 aliphatic heterocycles. The lowest BCUT2D eigenvalue weighted by Gasteiger charge is -2.23. The molecule has 1 aromatic heterocycles. The Morgan fingerprint density at radius 3 is 2.71 bits per heavy atom. The van der Waals surface area contributed by atoms with Crippen molar-refractivity contribution in [3.8, 4) is 0 Å². The Morgan fingerprint density at radius 2 is 2.00 bits per heavy atom. The van der Waals surface area contributed by atoms with Gasteiger partial charge in [-0.2, -0.15) is 0 Å². The third kappa shape index (κ3) is 2.97. The zero-order chi connectivity index (χ0) is 14.9. The maximum atomic E-state index is 12.8. The number of rotatable bonds is 4. The van der Waals surface area contributed by atoms with Crippen LogP contribution in [-0.2, 0) is 21.3 Å². The average molecular weight is 326 g/mol. The van der Waals surface area contributed by atoms with Gasteiger partial charge in [-0.05, 0) is 18.9 Å². The molecule has 0 spiro atoms. The maximum absolute atomic E-state index is 12.8.